The molecular weight excluding hydrogens is 238 g/mol. The van der Waals surface area contributed by atoms with Gasteiger partial charge in [0.2, 0.25) is 0 Å². The lowest BCUT2D eigenvalue weighted by Gasteiger charge is -2.16. The van der Waals surface area contributed by atoms with Gasteiger partial charge in [-0.1, -0.05) is 18.5 Å². The van der Waals surface area contributed by atoms with Gasteiger partial charge in [-0.3, -0.25) is 4.98 Å². The summed E-state index contributed by atoms with van der Waals surface area (Å²) in [7, 11) is 1.44. The Kier molecular flexibility index (Phi) is 4.89. The quantitative estimate of drug-likeness (QED) is 0.872. The molecule has 90 valence electrons. The van der Waals surface area contributed by atoms with Crippen LogP contribution < -0.4 is 10.1 Å². The number of methoxy groups -OCH3 is 1. The fourth-order valence-corrected chi connectivity index (χ4v) is 1.53. The molecule has 1 aromatic heterocycles. The topological polar surface area (TPSA) is 34.1 Å². The number of hydrogen-bond acceptors (Lipinski definition) is 3. The Morgan fingerprint density at radius 1 is 1.56 bits per heavy atom. The minimum absolute atomic E-state index is 0.211. The molecule has 1 rings (SSSR count). The van der Waals surface area contributed by atoms with Crippen molar-refractivity contribution >= 4 is 11.6 Å². The van der Waals surface area contributed by atoms with E-state index in [0.717, 1.165) is 0 Å². The predicted octanol–water partition coefficient (Wildman–Crippen LogP) is 2.66. The van der Waals surface area contributed by atoms with Gasteiger partial charge in [-0.2, -0.15) is 0 Å². The predicted molar refractivity (Wildman–Crippen MR) is 58.2 cm³/mol. The zero-order valence-electron chi connectivity index (χ0n) is 9.01. The third kappa shape index (κ3) is 3.02. The van der Waals surface area contributed by atoms with Gasteiger partial charge < -0.3 is 10.1 Å². The molecule has 3 nitrogen and oxygen atoms in total. The first-order chi connectivity index (χ1) is 7.60. The van der Waals surface area contributed by atoms with Crippen LogP contribution in [0, 0.1) is 0 Å². The van der Waals surface area contributed by atoms with Gasteiger partial charge in [0.1, 0.15) is 6.04 Å². The molecule has 0 fully saturated rings. The van der Waals surface area contributed by atoms with E-state index in [2.05, 4.69) is 10.3 Å². The van der Waals surface area contributed by atoms with E-state index in [4.69, 9.17) is 16.3 Å². The van der Waals surface area contributed by atoms with Crippen LogP contribution in [0.1, 0.15) is 18.7 Å². The molecule has 0 spiro atoms. The number of halogens is 3. The van der Waals surface area contributed by atoms with Gasteiger partial charge in [-0.05, 0) is 12.6 Å². The van der Waals surface area contributed by atoms with Gasteiger partial charge in [-0.25, -0.2) is 8.78 Å². The van der Waals surface area contributed by atoms with E-state index in [1.807, 2.05) is 0 Å². The van der Waals surface area contributed by atoms with Gasteiger partial charge in [-0.15, -0.1) is 0 Å². The Morgan fingerprint density at radius 2 is 2.25 bits per heavy atom. The van der Waals surface area contributed by atoms with Gasteiger partial charge in [0.25, 0.3) is 6.43 Å². The fraction of sp³-hybridized carbons (Fsp3) is 0.500. The molecule has 0 saturated heterocycles. The van der Waals surface area contributed by atoms with Crippen molar-refractivity contribution in [2.45, 2.75) is 19.4 Å². The van der Waals surface area contributed by atoms with E-state index in [9.17, 15) is 8.78 Å². The lowest BCUT2D eigenvalue weighted by Crippen LogP contribution is -2.27. The van der Waals surface area contributed by atoms with Gasteiger partial charge in [0.05, 0.1) is 24.0 Å². The summed E-state index contributed by atoms with van der Waals surface area (Å²) < 4.78 is 30.3. The largest absolute Gasteiger partial charge is 0.494 e. The number of alkyl halides is 2. The smallest absolute Gasteiger partial charge is 0.259 e. The zero-order valence-corrected chi connectivity index (χ0v) is 9.76. The molecule has 1 heterocycles. The molecule has 0 saturated carbocycles. The Morgan fingerprint density at radius 3 is 2.69 bits per heavy atom. The molecule has 0 aliphatic heterocycles. The Bertz CT molecular complexity index is 350. The molecule has 1 unspecified atom stereocenters. The zero-order chi connectivity index (χ0) is 12.1. The van der Waals surface area contributed by atoms with Gasteiger partial charge in [0.15, 0.2) is 5.75 Å². The molecule has 1 atom stereocenters. The average molecular weight is 251 g/mol. The minimum atomic E-state index is -2.53. The number of hydrogen-bond donors (Lipinski definition) is 1. The van der Waals surface area contributed by atoms with Crippen LogP contribution in [-0.2, 0) is 0 Å². The van der Waals surface area contributed by atoms with Crippen LogP contribution in [0.3, 0.4) is 0 Å². The first-order valence-electron chi connectivity index (χ1n) is 4.81. The standard InChI is InChI=1S/C10H13ClF2N2O/c1-3-14-9(10(12)13)7-4-6(11)8(16-2)5-15-7/h4-5,9-10,14H,3H2,1-2H3. The van der Waals surface area contributed by atoms with Crippen molar-refractivity contribution in [3.05, 3.63) is 23.0 Å². The molecule has 0 bridgehead atoms. The summed E-state index contributed by atoms with van der Waals surface area (Å²) in [6.45, 7) is 2.18. The van der Waals surface area contributed by atoms with Crippen LogP contribution in [0.5, 0.6) is 5.75 Å². The van der Waals surface area contributed by atoms with Crippen LogP contribution in [-0.4, -0.2) is 25.1 Å². The van der Waals surface area contributed by atoms with Crippen LogP contribution in [0.4, 0.5) is 8.78 Å². The molecule has 0 aliphatic carbocycles. The van der Waals surface area contributed by atoms with Crippen molar-refractivity contribution < 1.29 is 13.5 Å². The number of rotatable bonds is 5. The van der Waals surface area contributed by atoms with E-state index < -0.39 is 12.5 Å². The highest BCUT2D eigenvalue weighted by molar-refractivity contribution is 6.32. The maximum Gasteiger partial charge on any atom is 0.259 e. The highest BCUT2D eigenvalue weighted by atomic mass is 35.5. The van der Waals surface area contributed by atoms with Crippen molar-refractivity contribution in [3.8, 4) is 5.75 Å². The molecule has 0 amide bonds. The molecule has 16 heavy (non-hydrogen) atoms. The summed E-state index contributed by atoms with van der Waals surface area (Å²) in [5.41, 5.74) is 0.211. The lowest BCUT2D eigenvalue weighted by molar-refractivity contribution is 0.0974. The van der Waals surface area contributed by atoms with Gasteiger partial charge >= 0.3 is 0 Å². The van der Waals surface area contributed by atoms with Crippen LogP contribution >= 0.6 is 11.6 Å². The Hall–Kier alpha value is -0.940. The van der Waals surface area contributed by atoms with Gasteiger partial charge in [0, 0.05) is 0 Å². The van der Waals surface area contributed by atoms with Crippen LogP contribution in [0.25, 0.3) is 0 Å². The van der Waals surface area contributed by atoms with Crippen molar-refractivity contribution in [1.29, 1.82) is 0 Å². The molecule has 1 aromatic rings. The van der Waals surface area contributed by atoms with E-state index in [-0.39, 0.29) is 10.7 Å². The molecular formula is C10H13ClF2N2O. The Balaban J connectivity index is 2.97. The second-order valence-corrected chi connectivity index (χ2v) is 3.52. The maximum atomic E-state index is 12.7. The summed E-state index contributed by atoms with van der Waals surface area (Å²) in [4.78, 5) is 3.90. The second-order valence-electron chi connectivity index (χ2n) is 3.11. The molecule has 1 N–H and O–H groups in total. The average Bonchev–Trinajstić information content (AvgIpc) is 2.25. The van der Waals surface area contributed by atoms with Crippen molar-refractivity contribution in [3.63, 3.8) is 0 Å². The number of nitrogens with one attached hydrogen (secondary N) is 1. The fourth-order valence-electron chi connectivity index (χ4n) is 1.30. The summed E-state index contributed by atoms with van der Waals surface area (Å²) in [6, 6.07) is 0.285. The molecule has 6 heteroatoms. The molecule has 0 aromatic carbocycles. The first-order valence-corrected chi connectivity index (χ1v) is 5.18. The number of ether oxygens (including phenoxy) is 1. The highest BCUT2D eigenvalue weighted by Gasteiger charge is 2.23. The van der Waals surface area contributed by atoms with E-state index in [0.29, 0.717) is 12.3 Å². The van der Waals surface area contributed by atoms with Crippen LogP contribution in [0.2, 0.25) is 5.02 Å². The summed E-state index contributed by atoms with van der Waals surface area (Å²) in [6.07, 6.45) is -1.19. The molecule has 0 radical (unpaired) electrons. The van der Waals surface area contributed by atoms with E-state index in [1.165, 1.54) is 19.4 Å². The summed E-state index contributed by atoms with van der Waals surface area (Å²) in [5.74, 6) is 0.370. The maximum absolute atomic E-state index is 12.7. The van der Waals surface area contributed by atoms with Crippen LogP contribution in [0.15, 0.2) is 12.3 Å². The summed E-state index contributed by atoms with van der Waals surface area (Å²) in [5, 5.41) is 2.93. The number of pyridine rings is 1. The second kappa shape index (κ2) is 5.96. The monoisotopic (exact) mass is 250 g/mol. The van der Waals surface area contributed by atoms with Crippen molar-refractivity contribution in [2.24, 2.45) is 0 Å². The van der Waals surface area contributed by atoms with E-state index in [1.54, 1.807) is 6.92 Å². The normalized spacial score (nSPS) is 12.9. The van der Waals surface area contributed by atoms with E-state index >= 15 is 0 Å². The number of nitrogens with zero attached hydrogens (tertiary/aromatic N) is 1. The van der Waals surface area contributed by atoms with Crippen molar-refractivity contribution in [1.82, 2.24) is 10.3 Å². The summed E-state index contributed by atoms with van der Waals surface area (Å²) >= 11 is 5.84. The lowest BCUT2D eigenvalue weighted by atomic mass is 10.2. The highest BCUT2D eigenvalue weighted by Crippen LogP contribution is 2.27. The van der Waals surface area contributed by atoms with Crippen molar-refractivity contribution in [2.75, 3.05) is 13.7 Å². The minimum Gasteiger partial charge on any atom is -0.494 e. The SMILES string of the molecule is CCNC(c1cc(Cl)c(OC)cn1)C(F)F. The third-order valence-corrected chi connectivity index (χ3v) is 2.35. The Labute approximate surface area is 97.8 Å². The number of aromatic nitrogens is 1. The molecule has 0 aliphatic rings. The third-order valence-electron chi connectivity index (χ3n) is 2.06. The first kappa shape index (κ1) is 13.1.